The molecular formula is C79H146N2O21. The van der Waals surface area contributed by atoms with Crippen LogP contribution < -0.4 is 10.6 Å². The number of rotatable bonds is 64. The molecule has 102 heavy (non-hydrogen) atoms. The summed E-state index contributed by atoms with van der Waals surface area (Å²) in [7, 11) is 0. The highest BCUT2D eigenvalue weighted by atomic mass is 16.8. The first-order valence-electron chi connectivity index (χ1n) is 40.7. The van der Waals surface area contributed by atoms with Gasteiger partial charge in [-0.2, -0.15) is 0 Å². The van der Waals surface area contributed by atoms with Crippen molar-refractivity contribution in [2.45, 2.75) is 432 Å². The maximum Gasteiger partial charge on any atom is 0.364 e. The number of carboxylic acid groups (broad SMARTS) is 1. The molecule has 0 bridgehead atoms. The average Bonchev–Trinajstić information content (AvgIpc) is 0.756. The van der Waals surface area contributed by atoms with Crippen molar-refractivity contribution in [3.8, 4) is 0 Å². The minimum atomic E-state index is -3.08. The Morgan fingerprint density at radius 3 is 1.33 bits per heavy atom. The molecule has 2 amide bonds. The predicted molar refractivity (Wildman–Crippen MR) is 394 cm³/mol. The molecule has 3 rings (SSSR count). The normalized spacial score (nSPS) is 26.7. The smallest absolute Gasteiger partial charge is 0.364 e. The van der Waals surface area contributed by atoms with E-state index in [1.54, 1.807) is 6.08 Å². The van der Waals surface area contributed by atoms with Crippen molar-refractivity contribution < 1.29 is 104 Å². The van der Waals surface area contributed by atoms with Crippen molar-refractivity contribution in [2.75, 3.05) is 26.4 Å². The van der Waals surface area contributed by atoms with Gasteiger partial charge in [-0.15, -0.1) is 0 Å². The van der Waals surface area contributed by atoms with Crippen LogP contribution in [0.25, 0.3) is 0 Å². The molecule has 0 aliphatic carbocycles. The van der Waals surface area contributed by atoms with E-state index in [1.165, 1.54) is 218 Å². The number of aliphatic hydroxyl groups is 11. The Kier molecular flexibility index (Phi) is 53.4. The Balaban J connectivity index is 1.36. The van der Waals surface area contributed by atoms with Crippen LogP contribution in [0, 0.1) is 0 Å². The molecule has 23 nitrogen and oxygen atoms in total. The number of carboxylic acids is 1. The summed E-state index contributed by atoms with van der Waals surface area (Å²) < 4.78 is 34.8. The molecule has 23 heteroatoms. The summed E-state index contributed by atoms with van der Waals surface area (Å²) in [6, 6.07) is -2.62. The van der Waals surface area contributed by atoms with Gasteiger partial charge in [-0.25, -0.2) is 4.79 Å². The van der Waals surface area contributed by atoms with Crippen LogP contribution in [0.2, 0.25) is 0 Å². The summed E-state index contributed by atoms with van der Waals surface area (Å²) in [4.78, 5) is 38.5. The van der Waals surface area contributed by atoms with Gasteiger partial charge in [-0.05, 0) is 44.9 Å². The van der Waals surface area contributed by atoms with Crippen molar-refractivity contribution in [2.24, 2.45) is 0 Å². The molecule has 14 N–H and O–H groups in total. The van der Waals surface area contributed by atoms with Gasteiger partial charge in [0.25, 0.3) is 5.79 Å². The fourth-order valence-corrected chi connectivity index (χ4v) is 14.2. The summed E-state index contributed by atoms with van der Waals surface area (Å²) in [6.07, 6.45) is 35.9. The molecule has 0 radical (unpaired) electrons. The third-order valence-corrected chi connectivity index (χ3v) is 20.6. The average molecular weight is 1460 g/mol. The standard InChI is InChI=1S/C79H146N2O21/c1-4-6-8-10-12-14-15-16-17-18-19-20-21-22-23-24-25-26-27-28-29-30-31-32-33-34-35-36-37-38-39-40-41-42-43-45-47-49-51-53-66(89)81-60(61(86)52-50-48-46-44-13-11-9-7-5-2)58-97-76-71(93)70(92)73(65(57-84)99-76)100-77-72(94)75(69(91)64(56-83)98-77)102-79(78(95)96)54-62(87)67(80-59(3)85)74(101-79)68(90)63(88)55-82/h28-29,50,52,60-65,67-77,82-84,86-88,90-94H,4-27,30-49,51,53-58H2,1-3H3,(H,80,85)(H,81,89)(H,95,96)/b29-28-,52-50+. The third-order valence-electron chi connectivity index (χ3n) is 20.6. The predicted octanol–water partition coefficient (Wildman–Crippen LogP) is 10.7. The molecule has 18 atom stereocenters. The van der Waals surface area contributed by atoms with Crippen molar-refractivity contribution in [1.82, 2.24) is 10.6 Å². The number of unbranched alkanes of at least 4 members (excludes halogenated alkanes) is 42. The lowest BCUT2D eigenvalue weighted by Gasteiger charge is -2.50. The zero-order valence-electron chi connectivity index (χ0n) is 63.2. The molecule has 0 saturated carbocycles. The first-order valence-corrected chi connectivity index (χ1v) is 40.7. The maximum atomic E-state index is 13.5. The minimum Gasteiger partial charge on any atom is -0.477 e. The molecule has 598 valence electrons. The molecule has 0 aromatic heterocycles. The van der Waals surface area contributed by atoms with E-state index >= 15 is 0 Å². The van der Waals surface area contributed by atoms with Crippen LogP contribution in [0.4, 0.5) is 0 Å². The first-order chi connectivity index (χ1) is 49.4. The number of carbonyl (C=O) groups excluding carboxylic acids is 2. The third kappa shape index (κ3) is 38.3. The van der Waals surface area contributed by atoms with Crippen LogP contribution in [-0.4, -0.2) is 215 Å². The van der Waals surface area contributed by atoms with Gasteiger partial charge in [0.1, 0.15) is 67.1 Å². The van der Waals surface area contributed by atoms with E-state index in [9.17, 15) is 75.7 Å². The van der Waals surface area contributed by atoms with E-state index in [4.69, 9.17) is 28.4 Å². The number of carbonyl (C=O) groups is 3. The SMILES string of the molecule is CCCCCCCCC/C=C/C(O)C(COC1OC(CO)C(OC2OC(CO)C(O)C(OC3(C(=O)O)CC(O)C(NC(C)=O)C(C(O)C(O)CO)O3)C2O)C(O)C1O)NC(=O)CCCCCCCCCCCCCCCCCCC/C=C\CCCCCCCCCCCCCCCCCCCC. The molecule has 3 aliphatic heterocycles. The first kappa shape index (κ1) is 93.4. The number of nitrogens with one attached hydrogen (secondary N) is 2. The van der Waals surface area contributed by atoms with E-state index in [2.05, 4.69) is 36.6 Å². The van der Waals surface area contributed by atoms with Crippen LogP contribution in [0.1, 0.15) is 323 Å². The molecule has 3 saturated heterocycles. The van der Waals surface area contributed by atoms with E-state index in [0.717, 1.165) is 64.7 Å². The second-order valence-corrected chi connectivity index (χ2v) is 29.6. The van der Waals surface area contributed by atoms with Crippen molar-refractivity contribution >= 4 is 17.8 Å². The molecule has 0 aromatic carbocycles. The van der Waals surface area contributed by atoms with Gasteiger partial charge in [-0.3, -0.25) is 9.59 Å². The van der Waals surface area contributed by atoms with Gasteiger partial charge in [0.05, 0.1) is 50.7 Å². The van der Waals surface area contributed by atoms with Gasteiger partial charge in [0, 0.05) is 19.8 Å². The highest BCUT2D eigenvalue weighted by Gasteiger charge is 2.60. The van der Waals surface area contributed by atoms with Crippen molar-refractivity contribution in [1.29, 1.82) is 0 Å². The summed E-state index contributed by atoms with van der Waals surface area (Å²) in [5, 5.41) is 136. The zero-order valence-corrected chi connectivity index (χ0v) is 63.2. The van der Waals surface area contributed by atoms with Gasteiger partial charge in [0.2, 0.25) is 11.8 Å². The highest BCUT2D eigenvalue weighted by molar-refractivity contribution is 5.77. The Morgan fingerprint density at radius 1 is 0.510 bits per heavy atom. The summed E-state index contributed by atoms with van der Waals surface area (Å²) in [6.45, 7) is 2.12. The monoisotopic (exact) mass is 1460 g/mol. The lowest BCUT2D eigenvalue weighted by Crippen LogP contribution is -2.70. The summed E-state index contributed by atoms with van der Waals surface area (Å²) in [5.41, 5.74) is 0. The van der Waals surface area contributed by atoms with E-state index in [0.29, 0.717) is 12.8 Å². The zero-order chi connectivity index (χ0) is 74.6. The maximum absolute atomic E-state index is 13.5. The van der Waals surface area contributed by atoms with E-state index in [-0.39, 0.29) is 12.3 Å². The molecule has 18 unspecified atom stereocenters. The molecule has 3 heterocycles. The highest BCUT2D eigenvalue weighted by Crippen LogP contribution is 2.39. The number of ether oxygens (including phenoxy) is 6. The lowest BCUT2D eigenvalue weighted by atomic mass is 9.88. The van der Waals surface area contributed by atoms with Crippen molar-refractivity contribution in [3.05, 3.63) is 24.3 Å². The molecule has 0 spiro atoms. The molecule has 0 aromatic rings. The summed E-state index contributed by atoms with van der Waals surface area (Å²) >= 11 is 0. The van der Waals surface area contributed by atoms with Gasteiger partial charge < -0.3 is 100 Å². The Labute approximate surface area is 613 Å². The fraction of sp³-hybridized carbons (Fsp3) is 0.911. The molecule has 3 aliphatic rings. The lowest BCUT2D eigenvalue weighted by molar-refractivity contribution is -0.386. The quantitative estimate of drug-likeness (QED) is 0.0199. The Hall–Kier alpha value is -2.79. The van der Waals surface area contributed by atoms with Crippen LogP contribution in [0.3, 0.4) is 0 Å². The second-order valence-electron chi connectivity index (χ2n) is 29.6. The number of aliphatic hydroxyl groups excluding tert-OH is 11. The fourth-order valence-electron chi connectivity index (χ4n) is 14.2. The topological polar surface area (TPSA) is 373 Å². The van der Waals surface area contributed by atoms with Gasteiger partial charge in [-0.1, -0.05) is 282 Å². The van der Waals surface area contributed by atoms with Gasteiger partial charge >= 0.3 is 5.97 Å². The van der Waals surface area contributed by atoms with Crippen LogP contribution in [-0.2, 0) is 42.8 Å². The van der Waals surface area contributed by atoms with E-state index in [1.807, 2.05) is 6.08 Å². The van der Waals surface area contributed by atoms with Crippen LogP contribution >= 0.6 is 0 Å². The Morgan fingerprint density at radius 2 is 0.922 bits per heavy atom. The number of hydrogen-bond donors (Lipinski definition) is 14. The molecule has 3 fully saturated rings. The minimum absolute atomic E-state index is 0.202. The largest absolute Gasteiger partial charge is 0.477 e. The number of aliphatic carboxylic acids is 1. The second kappa shape index (κ2) is 58.3. The number of allylic oxidation sites excluding steroid dienone is 3. The number of hydrogen-bond acceptors (Lipinski definition) is 20. The van der Waals surface area contributed by atoms with E-state index < -0.39 is 155 Å². The van der Waals surface area contributed by atoms with Crippen LogP contribution in [0.15, 0.2) is 24.3 Å². The van der Waals surface area contributed by atoms with Crippen LogP contribution in [0.5, 0.6) is 0 Å². The Bertz CT molecular complexity index is 2130. The molecular weight excluding hydrogens is 1310 g/mol. The summed E-state index contributed by atoms with van der Waals surface area (Å²) in [5.74, 6) is -6.14. The number of amides is 2. The van der Waals surface area contributed by atoms with Gasteiger partial charge in [0.15, 0.2) is 12.6 Å². The van der Waals surface area contributed by atoms with Crippen molar-refractivity contribution in [3.63, 3.8) is 0 Å².